The maximum Gasteiger partial charge on any atom is 0.326 e. The molecule has 0 spiro atoms. The van der Waals surface area contributed by atoms with Gasteiger partial charge < -0.3 is 14.7 Å². The smallest absolute Gasteiger partial charge is 0.326 e. The molecule has 0 bridgehead atoms. The summed E-state index contributed by atoms with van der Waals surface area (Å²) in [5.41, 5.74) is 1.52. The minimum absolute atomic E-state index is 0.0579. The van der Waals surface area contributed by atoms with E-state index in [1.54, 1.807) is 19.1 Å². The van der Waals surface area contributed by atoms with Gasteiger partial charge in [0.05, 0.1) is 12.7 Å². The van der Waals surface area contributed by atoms with E-state index in [9.17, 15) is 14.7 Å². The zero-order valence-corrected chi connectivity index (χ0v) is 13.3. The van der Waals surface area contributed by atoms with Crippen LogP contribution in [0, 0.1) is 0 Å². The zero-order chi connectivity index (χ0) is 16.3. The Balaban J connectivity index is 2.08. The van der Waals surface area contributed by atoms with E-state index in [2.05, 4.69) is 0 Å². The minimum atomic E-state index is -0.970. The van der Waals surface area contributed by atoms with Crippen LogP contribution < -0.4 is 0 Å². The molecule has 5 nitrogen and oxygen atoms in total. The van der Waals surface area contributed by atoms with E-state index in [-0.39, 0.29) is 18.1 Å². The molecule has 5 heteroatoms. The second kappa shape index (κ2) is 6.92. The first-order valence-corrected chi connectivity index (χ1v) is 7.66. The largest absolute Gasteiger partial charge is 0.480 e. The van der Waals surface area contributed by atoms with Crippen LogP contribution in [0.5, 0.6) is 0 Å². The standard InChI is InChI=1S/C17H23NO4/c1-11(2)22-10-13-4-6-14(7-5-13)16(19)18(15-8-9-15)12(3)17(20)21/h4-7,11-12,15H,8-10H2,1-3H3,(H,20,21). The van der Waals surface area contributed by atoms with Crippen LogP contribution in [0.15, 0.2) is 24.3 Å². The molecular formula is C17H23NO4. The van der Waals surface area contributed by atoms with Gasteiger partial charge in [-0.1, -0.05) is 12.1 Å². The maximum absolute atomic E-state index is 12.6. The molecule has 0 heterocycles. The van der Waals surface area contributed by atoms with Crippen molar-refractivity contribution in [3.63, 3.8) is 0 Å². The van der Waals surface area contributed by atoms with Gasteiger partial charge in [-0.25, -0.2) is 4.79 Å². The van der Waals surface area contributed by atoms with E-state index in [1.165, 1.54) is 4.90 Å². The zero-order valence-electron chi connectivity index (χ0n) is 13.3. The highest BCUT2D eigenvalue weighted by molar-refractivity contribution is 5.97. The average molecular weight is 305 g/mol. The number of hydrogen-bond donors (Lipinski definition) is 1. The van der Waals surface area contributed by atoms with Crippen LogP contribution in [-0.2, 0) is 16.1 Å². The van der Waals surface area contributed by atoms with Crippen LogP contribution >= 0.6 is 0 Å². The van der Waals surface area contributed by atoms with Crippen molar-refractivity contribution in [2.75, 3.05) is 0 Å². The molecule has 0 radical (unpaired) electrons. The Labute approximate surface area is 130 Å². The number of carboxylic acid groups (broad SMARTS) is 1. The van der Waals surface area contributed by atoms with Crippen LogP contribution in [0.1, 0.15) is 49.5 Å². The molecule has 1 aromatic carbocycles. The summed E-state index contributed by atoms with van der Waals surface area (Å²) in [5.74, 6) is -1.18. The molecule has 0 saturated heterocycles. The SMILES string of the molecule is CC(C)OCc1ccc(C(=O)N(C2CC2)C(C)C(=O)O)cc1. The Hall–Kier alpha value is -1.88. The number of carboxylic acids is 1. The number of amides is 1. The van der Waals surface area contributed by atoms with Gasteiger partial charge in [0.1, 0.15) is 6.04 Å². The summed E-state index contributed by atoms with van der Waals surface area (Å²) in [6, 6.07) is 6.45. The average Bonchev–Trinajstić information content (AvgIpc) is 3.30. The van der Waals surface area contributed by atoms with Crippen molar-refractivity contribution in [1.29, 1.82) is 0 Å². The molecule has 120 valence electrons. The lowest BCUT2D eigenvalue weighted by molar-refractivity contribution is -0.141. The highest BCUT2D eigenvalue weighted by Gasteiger charge is 2.38. The summed E-state index contributed by atoms with van der Waals surface area (Å²) in [5, 5.41) is 9.18. The molecule has 22 heavy (non-hydrogen) atoms. The van der Waals surface area contributed by atoms with Gasteiger partial charge in [-0.3, -0.25) is 4.79 Å². The number of aliphatic carboxylic acids is 1. The summed E-state index contributed by atoms with van der Waals surface area (Å²) >= 11 is 0. The summed E-state index contributed by atoms with van der Waals surface area (Å²) in [4.78, 5) is 25.3. The van der Waals surface area contributed by atoms with Crippen LogP contribution in [0.25, 0.3) is 0 Å². The third-order valence-electron chi connectivity index (χ3n) is 3.73. The predicted molar refractivity (Wildman–Crippen MR) is 82.7 cm³/mol. The molecule has 0 aromatic heterocycles. The lowest BCUT2D eigenvalue weighted by Gasteiger charge is -2.26. The minimum Gasteiger partial charge on any atom is -0.480 e. The predicted octanol–water partition coefficient (Wildman–Crippen LogP) is 2.69. The molecule has 1 saturated carbocycles. The van der Waals surface area contributed by atoms with Gasteiger partial charge in [-0.2, -0.15) is 0 Å². The van der Waals surface area contributed by atoms with Crippen molar-refractivity contribution in [3.05, 3.63) is 35.4 Å². The first kappa shape index (κ1) is 16.5. The molecule has 1 aromatic rings. The van der Waals surface area contributed by atoms with Crippen molar-refractivity contribution in [1.82, 2.24) is 4.90 Å². The first-order valence-electron chi connectivity index (χ1n) is 7.66. The molecule has 1 amide bonds. The normalized spacial score (nSPS) is 15.6. The summed E-state index contributed by atoms with van der Waals surface area (Å²) in [7, 11) is 0. The molecule has 1 unspecified atom stereocenters. The molecule has 1 fully saturated rings. The van der Waals surface area contributed by atoms with Gasteiger partial charge in [-0.05, 0) is 51.3 Å². The van der Waals surface area contributed by atoms with Gasteiger partial charge in [0.15, 0.2) is 0 Å². The monoisotopic (exact) mass is 305 g/mol. The fourth-order valence-electron chi connectivity index (χ4n) is 2.29. The molecule has 1 aliphatic rings. The second-order valence-corrected chi connectivity index (χ2v) is 6.01. The number of rotatable bonds is 7. The van der Waals surface area contributed by atoms with Gasteiger partial charge in [0.2, 0.25) is 0 Å². The van der Waals surface area contributed by atoms with Gasteiger partial charge in [-0.15, -0.1) is 0 Å². The lowest BCUT2D eigenvalue weighted by atomic mass is 10.1. The van der Waals surface area contributed by atoms with Crippen LogP contribution in [0.4, 0.5) is 0 Å². The second-order valence-electron chi connectivity index (χ2n) is 6.01. The fourth-order valence-corrected chi connectivity index (χ4v) is 2.29. The first-order chi connectivity index (χ1) is 10.4. The van der Waals surface area contributed by atoms with Crippen LogP contribution in [0.3, 0.4) is 0 Å². The van der Waals surface area contributed by atoms with E-state index in [4.69, 9.17) is 4.74 Å². The van der Waals surface area contributed by atoms with Gasteiger partial charge >= 0.3 is 5.97 Å². The Morgan fingerprint density at radius 1 is 1.23 bits per heavy atom. The molecular weight excluding hydrogens is 282 g/mol. The number of nitrogens with zero attached hydrogens (tertiary/aromatic N) is 1. The van der Waals surface area contributed by atoms with Crippen LogP contribution in [-0.4, -0.2) is 40.1 Å². The van der Waals surface area contributed by atoms with Crippen molar-refractivity contribution in [2.24, 2.45) is 0 Å². The summed E-state index contributed by atoms with van der Waals surface area (Å²) < 4.78 is 5.52. The van der Waals surface area contributed by atoms with Gasteiger partial charge in [0.25, 0.3) is 5.91 Å². The third kappa shape index (κ3) is 4.07. The molecule has 1 atom stereocenters. The Morgan fingerprint density at radius 3 is 2.27 bits per heavy atom. The molecule has 0 aliphatic heterocycles. The maximum atomic E-state index is 12.6. The van der Waals surface area contributed by atoms with Crippen LogP contribution in [0.2, 0.25) is 0 Å². The Morgan fingerprint density at radius 2 is 1.82 bits per heavy atom. The topological polar surface area (TPSA) is 66.8 Å². The Kier molecular flexibility index (Phi) is 5.19. The highest BCUT2D eigenvalue weighted by atomic mass is 16.5. The van der Waals surface area contributed by atoms with E-state index >= 15 is 0 Å². The van der Waals surface area contributed by atoms with E-state index < -0.39 is 12.0 Å². The van der Waals surface area contributed by atoms with Crippen molar-refractivity contribution < 1.29 is 19.4 Å². The lowest BCUT2D eigenvalue weighted by Crippen LogP contribution is -2.44. The summed E-state index contributed by atoms with van der Waals surface area (Å²) in [6.45, 7) is 6.00. The number of benzene rings is 1. The fraction of sp³-hybridized carbons (Fsp3) is 0.529. The number of carbonyl (C=O) groups excluding carboxylic acids is 1. The van der Waals surface area contributed by atoms with Crippen molar-refractivity contribution in [2.45, 2.75) is 58.4 Å². The van der Waals surface area contributed by atoms with E-state index in [0.29, 0.717) is 12.2 Å². The summed E-state index contributed by atoms with van der Waals surface area (Å²) in [6.07, 6.45) is 1.91. The van der Waals surface area contributed by atoms with Crippen molar-refractivity contribution >= 4 is 11.9 Å². The Bertz CT molecular complexity index is 534. The number of hydrogen-bond acceptors (Lipinski definition) is 3. The van der Waals surface area contributed by atoms with Gasteiger partial charge in [0, 0.05) is 11.6 Å². The van der Waals surface area contributed by atoms with E-state index in [0.717, 1.165) is 18.4 Å². The number of carbonyl (C=O) groups is 2. The van der Waals surface area contributed by atoms with E-state index in [1.807, 2.05) is 26.0 Å². The number of ether oxygens (including phenoxy) is 1. The third-order valence-corrected chi connectivity index (χ3v) is 3.73. The molecule has 1 aliphatic carbocycles. The molecule has 2 rings (SSSR count). The highest BCUT2D eigenvalue weighted by Crippen LogP contribution is 2.30. The quantitative estimate of drug-likeness (QED) is 0.841. The van der Waals surface area contributed by atoms with Crippen molar-refractivity contribution in [3.8, 4) is 0 Å². The molecule has 1 N–H and O–H groups in total.